The molecule has 0 fully saturated rings. The molecule has 1 N–H and O–H groups in total. The first-order valence-electron chi connectivity index (χ1n) is 7.97. The maximum Gasteiger partial charge on any atom is 0.274 e. The lowest BCUT2D eigenvalue weighted by molar-refractivity contribution is -0.384. The summed E-state index contributed by atoms with van der Waals surface area (Å²) < 4.78 is 1.32. The highest BCUT2D eigenvalue weighted by Crippen LogP contribution is 2.28. The number of nitro groups is 1. The van der Waals surface area contributed by atoms with Gasteiger partial charge in [0.1, 0.15) is 5.65 Å². The maximum absolute atomic E-state index is 12.5. The largest absolute Gasteiger partial charge is 0.339 e. The third-order valence-corrected chi connectivity index (χ3v) is 4.22. The van der Waals surface area contributed by atoms with Crippen LogP contribution in [0.5, 0.6) is 0 Å². The number of non-ortho nitro benzene ring substituents is 1. The Bertz CT molecular complexity index is 1190. The Hall–Kier alpha value is -3.74. The summed E-state index contributed by atoms with van der Waals surface area (Å²) in [6.07, 6.45) is 0. The van der Waals surface area contributed by atoms with Crippen molar-refractivity contribution >= 4 is 11.3 Å². The monoisotopic (exact) mass is 346 g/mol. The van der Waals surface area contributed by atoms with Gasteiger partial charge in [-0.15, -0.1) is 0 Å². The smallest absolute Gasteiger partial charge is 0.274 e. The van der Waals surface area contributed by atoms with Crippen LogP contribution in [-0.4, -0.2) is 19.5 Å². The van der Waals surface area contributed by atoms with E-state index in [-0.39, 0.29) is 11.2 Å². The Morgan fingerprint density at radius 2 is 1.77 bits per heavy atom. The molecule has 2 aromatic carbocycles. The summed E-state index contributed by atoms with van der Waals surface area (Å²) in [5.74, 6) is 0. The average Bonchev–Trinajstić information content (AvgIpc) is 2.99. The molecule has 0 amide bonds. The first-order valence-corrected chi connectivity index (χ1v) is 7.97. The number of H-pyrrole nitrogens is 1. The minimum Gasteiger partial charge on any atom is -0.339 e. The summed E-state index contributed by atoms with van der Waals surface area (Å²) in [5.41, 5.74) is 3.78. The topological polar surface area (TPSA) is 93.3 Å². The maximum atomic E-state index is 12.5. The van der Waals surface area contributed by atoms with E-state index in [1.54, 1.807) is 12.1 Å². The Balaban J connectivity index is 1.98. The molecular weight excluding hydrogens is 332 g/mol. The quantitative estimate of drug-likeness (QED) is 0.453. The van der Waals surface area contributed by atoms with Crippen molar-refractivity contribution in [2.75, 3.05) is 0 Å². The molecule has 2 heterocycles. The van der Waals surface area contributed by atoms with Crippen LogP contribution in [0.3, 0.4) is 0 Å². The fraction of sp³-hybridized carbons (Fsp3) is 0.0526. The third-order valence-electron chi connectivity index (χ3n) is 4.22. The van der Waals surface area contributed by atoms with E-state index in [1.807, 2.05) is 37.3 Å². The van der Waals surface area contributed by atoms with Crippen molar-refractivity contribution in [3.8, 4) is 22.4 Å². The van der Waals surface area contributed by atoms with Crippen LogP contribution in [0, 0.1) is 17.0 Å². The van der Waals surface area contributed by atoms with Gasteiger partial charge in [0.2, 0.25) is 0 Å². The van der Waals surface area contributed by atoms with Crippen LogP contribution in [0.4, 0.5) is 5.69 Å². The third kappa shape index (κ3) is 2.55. The number of benzene rings is 2. The van der Waals surface area contributed by atoms with Crippen LogP contribution in [0.15, 0.2) is 65.5 Å². The highest BCUT2D eigenvalue weighted by atomic mass is 16.6. The van der Waals surface area contributed by atoms with Crippen molar-refractivity contribution in [3.05, 3.63) is 86.8 Å². The molecule has 7 nitrogen and oxygen atoms in total. The molecule has 128 valence electrons. The molecule has 0 atom stereocenters. The normalized spacial score (nSPS) is 11.0. The summed E-state index contributed by atoms with van der Waals surface area (Å²) in [6.45, 7) is 1.84. The highest BCUT2D eigenvalue weighted by Gasteiger charge is 2.16. The summed E-state index contributed by atoms with van der Waals surface area (Å²) >= 11 is 0. The zero-order valence-corrected chi connectivity index (χ0v) is 13.8. The first-order chi connectivity index (χ1) is 12.5. The molecule has 26 heavy (non-hydrogen) atoms. The predicted molar refractivity (Wildman–Crippen MR) is 98.1 cm³/mol. The van der Waals surface area contributed by atoms with Crippen LogP contribution in [0.25, 0.3) is 28.0 Å². The second kappa shape index (κ2) is 5.96. The standard InChI is InChI=1S/C19H14N4O3/c1-12-18(13-6-3-2-4-7-13)19-20-16(11-17(24)22(19)21-12)14-8-5-9-15(10-14)23(25)26/h2-11,20H,1H3. The number of nitrogens with zero attached hydrogens (tertiary/aromatic N) is 3. The second-order valence-electron chi connectivity index (χ2n) is 5.92. The molecule has 4 rings (SSSR count). The number of nitrogens with one attached hydrogen (secondary N) is 1. The fourth-order valence-corrected chi connectivity index (χ4v) is 3.04. The van der Waals surface area contributed by atoms with Gasteiger partial charge in [0.05, 0.1) is 16.3 Å². The summed E-state index contributed by atoms with van der Waals surface area (Å²) in [6, 6.07) is 17.2. The van der Waals surface area contributed by atoms with Crippen LogP contribution >= 0.6 is 0 Å². The van der Waals surface area contributed by atoms with Crippen molar-refractivity contribution in [1.82, 2.24) is 14.6 Å². The van der Waals surface area contributed by atoms with E-state index in [0.29, 0.717) is 16.9 Å². The molecule has 0 spiro atoms. The van der Waals surface area contributed by atoms with E-state index in [2.05, 4.69) is 10.1 Å². The average molecular weight is 346 g/mol. The van der Waals surface area contributed by atoms with E-state index < -0.39 is 4.92 Å². The molecule has 0 aliphatic carbocycles. The van der Waals surface area contributed by atoms with Crippen molar-refractivity contribution in [1.29, 1.82) is 0 Å². The van der Waals surface area contributed by atoms with Crippen LogP contribution in [0.1, 0.15) is 5.69 Å². The number of hydrogen-bond donors (Lipinski definition) is 1. The minimum atomic E-state index is -0.460. The Morgan fingerprint density at radius 1 is 1.04 bits per heavy atom. The molecule has 2 aromatic heterocycles. The lowest BCUT2D eigenvalue weighted by Gasteiger charge is -2.05. The predicted octanol–water partition coefficient (Wildman–Crippen LogP) is 3.57. The van der Waals surface area contributed by atoms with Crippen molar-refractivity contribution in [2.24, 2.45) is 0 Å². The molecule has 0 bridgehead atoms. The molecular formula is C19H14N4O3. The highest BCUT2D eigenvalue weighted by molar-refractivity contribution is 5.81. The molecule has 4 aromatic rings. The van der Waals surface area contributed by atoms with Gasteiger partial charge >= 0.3 is 0 Å². The molecule has 0 aliphatic heterocycles. The van der Waals surface area contributed by atoms with Gasteiger partial charge in [0.25, 0.3) is 11.2 Å². The number of aromatic nitrogens is 3. The van der Waals surface area contributed by atoms with Crippen LogP contribution in [-0.2, 0) is 0 Å². The van der Waals surface area contributed by atoms with Crippen molar-refractivity contribution < 1.29 is 4.92 Å². The number of rotatable bonds is 3. The second-order valence-corrected chi connectivity index (χ2v) is 5.92. The van der Waals surface area contributed by atoms with E-state index >= 15 is 0 Å². The Morgan fingerprint density at radius 3 is 2.50 bits per heavy atom. The van der Waals surface area contributed by atoms with Crippen LogP contribution < -0.4 is 5.56 Å². The van der Waals surface area contributed by atoms with Crippen molar-refractivity contribution in [2.45, 2.75) is 6.92 Å². The zero-order chi connectivity index (χ0) is 18.3. The number of hydrogen-bond acceptors (Lipinski definition) is 4. The fourth-order valence-electron chi connectivity index (χ4n) is 3.04. The summed E-state index contributed by atoms with van der Waals surface area (Å²) in [5, 5.41) is 15.4. The Labute approximate surface area is 147 Å². The molecule has 0 unspecified atom stereocenters. The van der Waals surface area contributed by atoms with Gasteiger partial charge < -0.3 is 4.98 Å². The SMILES string of the molecule is Cc1nn2c(=O)cc(-c3cccc([N+](=O)[O-])c3)[nH]c2c1-c1ccccc1. The number of aryl methyl sites for hydroxylation is 1. The Kier molecular flexibility index (Phi) is 3.62. The minimum absolute atomic E-state index is 0.0313. The molecule has 0 saturated carbocycles. The van der Waals surface area contributed by atoms with Gasteiger partial charge in [-0.05, 0) is 12.5 Å². The van der Waals surface area contributed by atoms with E-state index in [9.17, 15) is 14.9 Å². The lowest BCUT2D eigenvalue weighted by Crippen LogP contribution is -2.14. The van der Waals surface area contributed by atoms with E-state index in [4.69, 9.17) is 0 Å². The van der Waals surface area contributed by atoms with Gasteiger partial charge in [-0.1, -0.05) is 42.5 Å². The van der Waals surface area contributed by atoms with Crippen LogP contribution in [0.2, 0.25) is 0 Å². The number of fused-ring (bicyclic) bond motifs is 1. The van der Waals surface area contributed by atoms with Gasteiger partial charge in [-0.3, -0.25) is 14.9 Å². The lowest BCUT2D eigenvalue weighted by atomic mass is 10.1. The van der Waals surface area contributed by atoms with Gasteiger partial charge in [0.15, 0.2) is 0 Å². The van der Waals surface area contributed by atoms with Crippen molar-refractivity contribution in [3.63, 3.8) is 0 Å². The molecule has 0 aliphatic rings. The summed E-state index contributed by atoms with van der Waals surface area (Å²) in [7, 11) is 0. The molecule has 0 saturated heterocycles. The zero-order valence-electron chi connectivity index (χ0n) is 13.8. The number of aromatic amines is 1. The molecule has 0 radical (unpaired) electrons. The summed E-state index contributed by atoms with van der Waals surface area (Å²) in [4.78, 5) is 26.3. The van der Waals surface area contributed by atoms with E-state index in [1.165, 1.54) is 22.7 Å². The number of nitro benzene ring substituents is 1. The molecule has 7 heteroatoms. The first kappa shape index (κ1) is 15.8. The van der Waals surface area contributed by atoms with Gasteiger partial charge in [-0.2, -0.15) is 9.61 Å². The van der Waals surface area contributed by atoms with Gasteiger partial charge in [0, 0.05) is 29.3 Å². The van der Waals surface area contributed by atoms with Gasteiger partial charge in [-0.25, -0.2) is 0 Å². The van der Waals surface area contributed by atoms with E-state index in [0.717, 1.165) is 16.8 Å².